The Morgan fingerprint density at radius 2 is 1.69 bits per heavy atom. The van der Waals surface area contributed by atoms with Gasteiger partial charge < -0.3 is 4.90 Å². The summed E-state index contributed by atoms with van der Waals surface area (Å²) in [6, 6.07) is 14.0. The Balaban J connectivity index is 2.00. The molecule has 0 unspecified atom stereocenters. The Bertz CT molecular complexity index is 1050. The number of piperidine rings is 1. The summed E-state index contributed by atoms with van der Waals surface area (Å²) in [5.41, 5.74) is 1.48. The highest BCUT2D eigenvalue weighted by Gasteiger charge is 2.27. The molecule has 4 rings (SSSR count). The molecule has 0 atom stereocenters. The SMILES string of the molecule is O=S(=O)(c1ccccc1)c1cnc2ccc(Cl)cc2c1N1CCCCC1. The number of anilines is 1. The quantitative estimate of drug-likeness (QED) is 0.654. The zero-order chi connectivity index (χ0) is 18.1. The van der Waals surface area contributed by atoms with Gasteiger partial charge in [-0.1, -0.05) is 29.8 Å². The number of fused-ring (bicyclic) bond motifs is 1. The molecule has 26 heavy (non-hydrogen) atoms. The predicted molar refractivity (Wildman–Crippen MR) is 105 cm³/mol. The van der Waals surface area contributed by atoms with Crippen LogP contribution in [0.1, 0.15) is 19.3 Å². The molecule has 0 saturated carbocycles. The minimum atomic E-state index is -3.67. The highest BCUT2D eigenvalue weighted by molar-refractivity contribution is 7.91. The third-order valence-electron chi connectivity index (χ3n) is 4.78. The van der Waals surface area contributed by atoms with Crippen molar-refractivity contribution in [2.45, 2.75) is 29.1 Å². The molecule has 3 aromatic rings. The van der Waals surface area contributed by atoms with Gasteiger partial charge in [0, 0.05) is 29.7 Å². The van der Waals surface area contributed by atoms with Crippen molar-refractivity contribution in [1.82, 2.24) is 4.98 Å². The second kappa shape index (κ2) is 6.89. The third kappa shape index (κ3) is 3.06. The van der Waals surface area contributed by atoms with E-state index in [0.29, 0.717) is 5.02 Å². The largest absolute Gasteiger partial charge is 0.370 e. The molecule has 2 heterocycles. The van der Waals surface area contributed by atoms with Crippen LogP contribution in [-0.4, -0.2) is 26.5 Å². The first-order valence-electron chi connectivity index (χ1n) is 8.71. The van der Waals surface area contributed by atoms with Crippen LogP contribution in [0.5, 0.6) is 0 Å². The summed E-state index contributed by atoms with van der Waals surface area (Å²) in [4.78, 5) is 7.10. The van der Waals surface area contributed by atoms with Crippen LogP contribution < -0.4 is 4.90 Å². The number of aromatic nitrogens is 1. The topological polar surface area (TPSA) is 50.3 Å². The minimum Gasteiger partial charge on any atom is -0.370 e. The van der Waals surface area contributed by atoms with Crippen molar-refractivity contribution in [2.24, 2.45) is 0 Å². The van der Waals surface area contributed by atoms with E-state index in [1.165, 1.54) is 12.6 Å². The maximum absolute atomic E-state index is 13.3. The molecule has 0 N–H and O–H groups in total. The zero-order valence-corrected chi connectivity index (χ0v) is 15.8. The summed E-state index contributed by atoms with van der Waals surface area (Å²) in [6.45, 7) is 1.67. The van der Waals surface area contributed by atoms with E-state index in [1.54, 1.807) is 30.3 Å². The van der Waals surface area contributed by atoms with Gasteiger partial charge in [0.05, 0.1) is 16.1 Å². The van der Waals surface area contributed by atoms with Crippen molar-refractivity contribution in [3.05, 3.63) is 59.8 Å². The number of halogens is 1. The van der Waals surface area contributed by atoms with E-state index in [-0.39, 0.29) is 9.79 Å². The fourth-order valence-electron chi connectivity index (χ4n) is 3.50. The predicted octanol–water partition coefficient (Wildman–Crippen LogP) is 4.71. The molecule has 1 aliphatic heterocycles. The molecule has 0 aliphatic carbocycles. The van der Waals surface area contributed by atoms with Crippen LogP contribution in [0.3, 0.4) is 0 Å². The highest BCUT2D eigenvalue weighted by atomic mass is 35.5. The summed E-state index contributed by atoms with van der Waals surface area (Å²) in [5.74, 6) is 0. The Morgan fingerprint density at radius 1 is 0.962 bits per heavy atom. The smallest absolute Gasteiger partial charge is 0.210 e. The second-order valence-electron chi connectivity index (χ2n) is 6.50. The molecule has 134 valence electrons. The van der Waals surface area contributed by atoms with Crippen LogP contribution in [0.25, 0.3) is 10.9 Å². The molecule has 0 amide bonds. The van der Waals surface area contributed by atoms with E-state index in [4.69, 9.17) is 11.6 Å². The lowest BCUT2D eigenvalue weighted by atomic mass is 10.1. The number of hydrogen-bond acceptors (Lipinski definition) is 4. The van der Waals surface area contributed by atoms with E-state index < -0.39 is 9.84 Å². The van der Waals surface area contributed by atoms with Crippen molar-refractivity contribution in [2.75, 3.05) is 18.0 Å². The first kappa shape index (κ1) is 17.3. The van der Waals surface area contributed by atoms with Crippen LogP contribution in [0.2, 0.25) is 5.02 Å². The number of benzene rings is 2. The summed E-state index contributed by atoms with van der Waals surface area (Å²) in [5, 5.41) is 1.36. The monoisotopic (exact) mass is 386 g/mol. The molecule has 0 radical (unpaired) electrons. The summed E-state index contributed by atoms with van der Waals surface area (Å²) < 4.78 is 26.7. The summed E-state index contributed by atoms with van der Waals surface area (Å²) in [6.07, 6.45) is 4.76. The molecular formula is C20H19ClN2O2S. The van der Waals surface area contributed by atoms with Gasteiger partial charge in [0.25, 0.3) is 0 Å². The lowest BCUT2D eigenvalue weighted by molar-refractivity contribution is 0.572. The van der Waals surface area contributed by atoms with Crippen molar-refractivity contribution in [3.8, 4) is 0 Å². The normalized spacial score (nSPS) is 15.3. The average molecular weight is 387 g/mol. The fraction of sp³-hybridized carbons (Fsp3) is 0.250. The first-order chi connectivity index (χ1) is 12.6. The highest BCUT2D eigenvalue weighted by Crippen LogP contribution is 2.37. The Labute approximate surface area is 158 Å². The maximum atomic E-state index is 13.3. The lowest BCUT2D eigenvalue weighted by Crippen LogP contribution is -2.31. The minimum absolute atomic E-state index is 0.250. The van der Waals surface area contributed by atoms with Gasteiger partial charge >= 0.3 is 0 Å². The van der Waals surface area contributed by atoms with Crippen molar-refractivity contribution in [3.63, 3.8) is 0 Å². The molecule has 1 aromatic heterocycles. The standard InChI is InChI=1S/C20H19ClN2O2S/c21-15-9-10-18-17(13-15)20(23-11-5-2-6-12-23)19(14-22-18)26(24,25)16-7-3-1-4-8-16/h1,3-4,7-10,13-14H,2,5-6,11-12H2. The van der Waals surface area contributed by atoms with Crippen molar-refractivity contribution < 1.29 is 8.42 Å². The number of nitrogens with zero attached hydrogens (tertiary/aromatic N) is 2. The fourth-order valence-corrected chi connectivity index (χ4v) is 5.13. The van der Waals surface area contributed by atoms with Gasteiger partial charge in [-0.25, -0.2) is 8.42 Å². The van der Waals surface area contributed by atoms with Gasteiger partial charge in [-0.15, -0.1) is 0 Å². The first-order valence-corrected chi connectivity index (χ1v) is 10.6. The van der Waals surface area contributed by atoms with Crippen molar-refractivity contribution >= 4 is 38.0 Å². The Kier molecular flexibility index (Phi) is 4.59. The third-order valence-corrected chi connectivity index (χ3v) is 6.79. The molecule has 2 aromatic carbocycles. The van der Waals surface area contributed by atoms with E-state index in [0.717, 1.165) is 42.5 Å². The number of pyridine rings is 1. The molecule has 1 aliphatic rings. The second-order valence-corrected chi connectivity index (χ2v) is 8.85. The van der Waals surface area contributed by atoms with E-state index in [2.05, 4.69) is 9.88 Å². The van der Waals surface area contributed by atoms with E-state index >= 15 is 0 Å². The van der Waals surface area contributed by atoms with Gasteiger partial charge in [-0.3, -0.25) is 4.98 Å². The lowest BCUT2D eigenvalue weighted by Gasteiger charge is -2.31. The Hall–Kier alpha value is -2.11. The number of sulfone groups is 1. The molecular weight excluding hydrogens is 368 g/mol. The van der Waals surface area contributed by atoms with Gasteiger partial charge in [0.1, 0.15) is 4.90 Å². The number of hydrogen-bond donors (Lipinski definition) is 0. The average Bonchev–Trinajstić information content (AvgIpc) is 2.68. The molecule has 0 bridgehead atoms. The van der Waals surface area contributed by atoms with Crippen LogP contribution in [0.15, 0.2) is 64.5 Å². The van der Waals surface area contributed by atoms with Gasteiger partial charge in [-0.2, -0.15) is 0 Å². The molecule has 0 spiro atoms. The van der Waals surface area contributed by atoms with Crippen LogP contribution in [-0.2, 0) is 9.84 Å². The molecule has 4 nitrogen and oxygen atoms in total. The molecule has 1 saturated heterocycles. The van der Waals surface area contributed by atoms with Gasteiger partial charge in [-0.05, 0) is 49.6 Å². The van der Waals surface area contributed by atoms with Gasteiger partial charge in [0.2, 0.25) is 9.84 Å². The van der Waals surface area contributed by atoms with Crippen LogP contribution in [0, 0.1) is 0 Å². The zero-order valence-electron chi connectivity index (χ0n) is 14.2. The summed E-state index contributed by atoms with van der Waals surface area (Å²) in [7, 11) is -3.67. The van der Waals surface area contributed by atoms with Crippen LogP contribution >= 0.6 is 11.6 Å². The van der Waals surface area contributed by atoms with E-state index in [1.807, 2.05) is 18.2 Å². The van der Waals surface area contributed by atoms with E-state index in [9.17, 15) is 8.42 Å². The molecule has 6 heteroatoms. The number of rotatable bonds is 3. The van der Waals surface area contributed by atoms with Crippen molar-refractivity contribution in [1.29, 1.82) is 0 Å². The summed E-state index contributed by atoms with van der Waals surface area (Å²) >= 11 is 6.22. The van der Waals surface area contributed by atoms with Crippen LogP contribution in [0.4, 0.5) is 5.69 Å². The molecule has 1 fully saturated rings. The Morgan fingerprint density at radius 3 is 2.42 bits per heavy atom. The van der Waals surface area contributed by atoms with Gasteiger partial charge in [0.15, 0.2) is 0 Å². The maximum Gasteiger partial charge on any atom is 0.210 e.